The van der Waals surface area contributed by atoms with Crippen LogP contribution in [0.1, 0.15) is 12.8 Å². The van der Waals surface area contributed by atoms with Crippen molar-refractivity contribution in [2.24, 2.45) is 0 Å². The van der Waals surface area contributed by atoms with Gasteiger partial charge < -0.3 is 15.2 Å². The fourth-order valence-electron chi connectivity index (χ4n) is 2.53. The lowest BCUT2D eigenvalue weighted by atomic mass is 10.2. The minimum absolute atomic E-state index is 0.0918. The van der Waals surface area contributed by atoms with E-state index in [-0.39, 0.29) is 24.6 Å². The molecule has 1 aromatic rings. The number of carbonyl (C=O) groups is 2. The molecule has 2 atom stereocenters. The topological polar surface area (TPSA) is 78.9 Å². The highest BCUT2D eigenvalue weighted by molar-refractivity contribution is 5.91. The normalized spacial score (nSPS) is 21.6. The minimum Gasteiger partial charge on any atom is -0.468 e. The number of β-amino-alcohol motifs (C(OH)–C–C–N with tert-alkyl or cyclic N) is 1. The molecule has 0 aromatic heterocycles. The van der Waals surface area contributed by atoms with Crippen LogP contribution in [0.3, 0.4) is 0 Å². The fraction of sp³-hybridized carbons (Fsp3) is 0.467. The van der Waals surface area contributed by atoms with Gasteiger partial charge >= 0.3 is 5.97 Å². The Kier molecular flexibility index (Phi) is 5.46. The lowest BCUT2D eigenvalue weighted by Gasteiger charge is -2.21. The van der Waals surface area contributed by atoms with Crippen molar-refractivity contribution in [3.8, 4) is 0 Å². The maximum absolute atomic E-state index is 13.4. The molecule has 120 valence electrons. The molecule has 1 aliphatic heterocycles. The van der Waals surface area contributed by atoms with Crippen molar-refractivity contribution in [3.05, 3.63) is 30.1 Å². The molecule has 0 radical (unpaired) electrons. The van der Waals surface area contributed by atoms with Crippen LogP contribution < -0.4 is 5.32 Å². The van der Waals surface area contributed by atoms with Gasteiger partial charge in [-0.25, -0.2) is 4.39 Å². The van der Waals surface area contributed by atoms with Crippen LogP contribution in [0.15, 0.2) is 24.3 Å². The Morgan fingerprint density at radius 3 is 2.86 bits per heavy atom. The number of methoxy groups -OCH3 is 1. The average Bonchev–Trinajstić information content (AvgIpc) is 2.88. The molecule has 2 unspecified atom stereocenters. The van der Waals surface area contributed by atoms with E-state index in [4.69, 9.17) is 0 Å². The van der Waals surface area contributed by atoms with Gasteiger partial charge in [0, 0.05) is 25.9 Å². The van der Waals surface area contributed by atoms with Crippen LogP contribution in [0.25, 0.3) is 0 Å². The third-order valence-corrected chi connectivity index (χ3v) is 3.63. The standard InChI is InChI=1S/C15H19FN2O4/c1-22-15(21)13-8-10(19)9-18(13)7-6-14(20)17-12-5-3-2-4-11(12)16/h2-5,10,13,19H,6-9H2,1H3,(H,17,20). The summed E-state index contributed by atoms with van der Waals surface area (Å²) in [5.74, 6) is -1.28. The number of carbonyl (C=O) groups excluding carboxylic acids is 2. The average molecular weight is 310 g/mol. The van der Waals surface area contributed by atoms with E-state index in [1.807, 2.05) is 0 Å². The van der Waals surface area contributed by atoms with Gasteiger partial charge in [-0.3, -0.25) is 14.5 Å². The molecule has 22 heavy (non-hydrogen) atoms. The van der Waals surface area contributed by atoms with E-state index in [2.05, 4.69) is 10.1 Å². The Morgan fingerprint density at radius 1 is 1.45 bits per heavy atom. The summed E-state index contributed by atoms with van der Waals surface area (Å²) in [7, 11) is 1.29. The number of anilines is 1. The van der Waals surface area contributed by atoms with E-state index in [0.29, 0.717) is 13.0 Å². The number of hydrogen-bond donors (Lipinski definition) is 2. The second kappa shape index (κ2) is 7.33. The van der Waals surface area contributed by atoms with Gasteiger partial charge in [0.2, 0.25) is 5.91 Å². The summed E-state index contributed by atoms with van der Waals surface area (Å²) in [6, 6.07) is 5.37. The third kappa shape index (κ3) is 4.02. The molecule has 1 amide bonds. The Morgan fingerprint density at radius 2 is 2.18 bits per heavy atom. The predicted molar refractivity (Wildman–Crippen MR) is 77.6 cm³/mol. The molecule has 0 saturated carbocycles. The van der Waals surface area contributed by atoms with Crippen molar-refractivity contribution < 1.29 is 23.8 Å². The van der Waals surface area contributed by atoms with E-state index in [1.54, 1.807) is 11.0 Å². The Hall–Kier alpha value is -1.99. The van der Waals surface area contributed by atoms with Gasteiger partial charge in [-0.2, -0.15) is 0 Å². The van der Waals surface area contributed by atoms with E-state index >= 15 is 0 Å². The molecule has 1 fully saturated rings. The first-order valence-electron chi connectivity index (χ1n) is 7.05. The lowest BCUT2D eigenvalue weighted by molar-refractivity contribution is -0.146. The number of amides is 1. The van der Waals surface area contributed by atoms with Gasteiger partial charge in [-0.05, 0) is 12.1 Å². The van der Waals surface area contributed by atoms with Gasteiger partial charge in [-0.1, -0.05) is 12.1 Å². The number of para-hydroxylation sites is 1. The van der Waals surface area contributed by atoms with Gasteiger partial charge in [0.15, 0.2) is 0 Å². The van der Waals surface area contributed by atoms with Crippen LogP contribution in [0.2, 0.25) is 0 Å². The number of aliphatic hydroxyl groups is 1. The number of halogens is 1. The Balaban J connectivity index is 1.87. The molecule has 1 saturated heterocycles. The largest absolute Gasteiger partial charge is 0.468 e. The van der Waals surface area contributed by atoms with Crippen LogP contribution in [0.5, 0.6) is 0 Å². The molecule has 0 aliphatic carbocycles. The molecule has 2 N–H and O–H groups in total. The third-order valence-electron chi connectivity index (χ3n) is 3.63. The summed E-state index contributed by atoms with van der Waals surface area (Å²) in [6.07, 6.45) is -0.227. The van der Waals surface area contributed by atoms with Crippen LogP contribution in [0.4, 0.5) is 10.1 Å². The zero-order chi connectivity index (χ0) is 16.1. The number of nitrogens with zero attached hydrogens (tertiary/aromatic N) is 1. The highest BCUT2D eigenvalue weighted by atomic mass is 19.1. The van der Waals surface area contributed by atoms with E-state index in [9.17, 15) is 19.1 Å². The van der Waals surface area contributed by atoms with Crippen molar-refractivity contribution in [1.29, 1.82) is 0 Å². The highest BCUT2D eigenvalue weighted by Crippen LogP contribution is 2.19. The van der Waals surface area contributed by atoms with Crippen LogP contribution in [-0.2, 0) is 14.3 Å². The van der Waals surface area contributed by atoms with Crippen LogP contribution >= 0.6 is 0 Å². The number of aliphatic hydroxyl groups excluding tert-OH is 1. The first kappa shape index (κ1) is 16.4. The summed E-state index contributed by atoms with van der Waals surface area (Å²) in [5, 5.41) is 12.1. The number of esters is 1. The predicted octanol–water partition coefficient (Wildman–Crippen LogP) is 0.762. The molecule has 1 heterocycles. The minimum atomic E-state index is -0.612. The van der Waals surface area contributed by atoms with Crippen molar-refractivity contribution in [1.82, 2.24) is 4.90 Å². The van der Waals surface area contributed by atoms with E-state index < -0.39 is 23.9 Å². The zero-order valence-corrected chi connectivity index (χ0v) is 12.3. The first-order chi connectivity index (χ1) is 10.5. The summed E-state index contributed by atoms with van der Waals surface area (Å²) >= 11 is 0. The van der Waals surface area contributed by atoms with E-state index in [1.165, 1.54) is 25.3 Å². The second-order valence-corrected chi connectivity index (χ2v) is 5.20. The van der Waals surface area contributed by atoms with E-state index in [0.717, 1.165) is 0 Å². The molecule has 1 aromatic carbocycles. The zero-order valence-electron chi connectivity index (χ0n) is 12.3. The summed E-state index contributed by atoms with van der Waals surface area (Å²) in [5.41, 5.74) is 0.124. The monoisotopic (exact) mass is 310 g/mol. The Labute approximate surface area is 127 Å². The smallest absolute Gasteiger partial charge is 0.323 e. The van der Waals surface area contributed by atoms with Crippen molar-refractivity contribution in [2.45, 2.75) is 25.0 Å². The van der Waals surface area contributed by atoms with Crippen molar-refractivity contribution in [3.63, 3.8) is 0 Å². The number of nitrogens with one attached hydrogen (secondary N) is 1. The maximum Gasteiger partial charge on any atom is 0.323 e. The van der Waals surface area contributed by atoms with Crippen LogP contribution in [-0.4, -0.2) is 54.2 Å². The number of rotatable bonds is 5. The molecule has 6 nitrogen and oxygen atoms in total. The molecular formula is C15H19FN2O4. The number of benzene rings is 1. The van der Waals surface area contributed by atoms with Crippen LogP contribution in [0, 0.1) is 5.82 Å². The molecule has 1 aliphatic rings. The second-order valence-electron chi connectivity index (χ2n) is 5.20. The first-order valence-corrected chi connectivity index (χ1v) is 7.05. The molecule has 0 spiro atoms. The lowest BCUT2D eigenvalue weighted by Crippen LogP contribution is -2.38. The molecule has 0 bridgehead atoms. The quantitative estimate of drug-likeness (QED) is 0.785. The highest BCUT2D eigenvalue weighted by Gasteiger charge is 2.36. The SMILES string of the molecule is COC(=O)C1CC(O)CN1CCC(=O)Nc1ccccc1F. The summed E-state index contributed by atoms with van der Waals surface area (Å²) in [4.78, 5) is 25.2. The Bertz CT molecular complexity index is 552. The van der Waals surface area contributed by atoms with Gasteiger partial charge in [0.1, 0.15) is 11.9 Å². The summed E-state index contributed by atoms with van der Waals surface area (Å²) in [6.45, 7) is 0.601. The maximum atomic E-state index is 13.4. The molecular weight excluding hydrogens is 291 g/mol. The summed E-state index contributed by atoms with van der Waals surface area (Å²) < 4.78 is 18.1. The van der Waals surface area contributed by atoms with Gasteiger partial charge in [0.05, 0.1) is 18.9 Å². The molecule has 2 rings (SSSR count). The number of likely N-dealkylation sites (tertiary alicyclic amines) is 1. The fourth-order valence-corrected chi connectivity index (χ4v) is 2.53. The van der Waals surface area contributed by atoms with Crippen molar-refractivity contribution >= 4 is 17.6 Å². The number of ether oxygens (including phenoxy) is 1. The van der Waals surface area contributed by atoms with Gasteiger partial charge in [-0.15, -0.1) is 0 Å². The van der Waals surface area contributed by atoms with Crippen molar-refractivity contribution in [2.75, 3.05) is 25.5 Å². The van der Waals surface area contributed by atoms with Gasteiger partial charge in [0.25, 0.3) is 0 Å². The molecule has 7 heteroatoms. The number of hydrogen-bond acceptors (Lipinski definition) is 5.